The minimum Gasteiger partial charge on any atom is -0.395 e. The molecule has 1 aromatic heterocycles. The highest BCUT2D eigenvalue weighted by molar-refractivity contribution is 5.71. The van der Waals surface area contributed by atoms with Crippen molar-refractivity contribution in [3.05, 3.63) is 16.4 Å². The lowest BCUT2D eigenvalue weighted by atomic mass is 10.0. The van der Waals surface area contributed by atoms with Gasteiger partial charge in [0.15, 0.2) is 0 Å². The number of rotatable bonds is 5. The summed E-state index contributed by atoms with van der Waals surface area (Å²) in [6.07, 6.45) is 4.65. The number of anilines is 2. The van der Waals surface area contributed by atoms with Gasteiger partial charge in [-0.2, -0.15) is 0 Å². The first kappa shape index (κ1) is 17.8. The molecule has 3 heterocycles. The molecule has 0 spiro atoms. The molecule has 25 heavy (non-hydrogen) atoms. The molecule has 0 aromatic carbocycles. The third-order valence-electron chi connectivity index (χ3n) is 5.13. The number of piperazine rings is 1. The topological polar surface area (TPSA) is 98.9 Å². The first-order valence-electron chi connectivity index (χ1n) is 8.96. The summed E-state index contributed by atoms with van der Waals surface area (Å²) in [4.78, 5) is 26.2. The van der Waals surface area contributed by atoms with E-state index in [0.29, 0.717) is 31.3 Å². The van der Waals surface area contributed by atoms with E-state index in [2.05, 4.69) is 26.7 Å². The molecular formula is C16H26N6O3. The van der Waals surface area contributed by atoms with Crippen molar-refractivity contribution >= 4 is 17.3 Å². The van der Waals surface area contributed by atoms with Crippen LogP contribution in [0.4, 0.5) is 17.3 Å². The SMILES string of the molecule is CC1CCCCN1c1ncnc(N2CCN(CCO)CC2)c1[N+](=O)[O-]. The number of hydrogen-bond donors (Lipinski definition) is 1. The molecule has 0 saturated carbocycles. The van der Waals surface area contributed by atoms with Crippen LogP contribution in [0.15, 0.2) is 6.33 Å². The Balaban J connectivity index is 1.87. The maximum absolute atomic E-state index is 11.8. The Labute approximate surface area is 147 Å². The van der Waals surface area contributed by atoms with Crippen LogP contribution in [0.2, 0.25) is 0 Å². The summed E-state index contributed by atoms with van der Waals surface area (Å²) in [7, 11) is 0. The third kappa shape index (κ3) is 3.82. The van der Waals surface area contributed by atoms with Gasteiger partial charge in [-0.25, -0.2) is 9.97 Å². The Kier molecular flexibility index (Phi) is 5.64. The van der Waals surface area contributed by atoms with E-state index in [1.54, 1.807) is 0 Å². The van der Waals surface area contributed by atoms with Crippen molar-refractivity contribution in [2.45, 2.75) is 32.2 Å². The van der Waals surface area contributed by atoms with Crippen LogP contribution < -0.4 is 9.80 Å². The second kappa shape index (κ2) is 7.92. The average molecular weight is 350 g/mol. The number of aliphatic hydroxyl groups excluding tert-OH is 1. The fourth-order valence-electron chi connectivity index (χ4n) is 3.70. The maximum atomic E-state index is 11.8. The lowest BCUT2D eigenvalue weighted by Gasteiger charge is -2.36. The van der Waals surface area contributed by atoms with Crippen LogP contribution >= 0.6 is 0 Å². The molecule has 1 aromatic rings. The highest BCUT2D eigenvalue weighted by atomic mass is 16.6. The molecular weight excluding hydrogens is 324 g/mol. The van der Waals surface area contributed by atoms with Crippen molar-refractivity contribution < 1.29 is 10.0 Å². The molecule has 0 amide bonds. The van der Waals surface area contributed by atoms with Crippen LogP contribution in [0.25, 0.3) is 0 Å². The Hall–Kier alpha value is -2.00. The third-order valence-corrected chi connectivity index (χ3v) is 5.13. The fraction of sp³-hybridized carbons (Fsp3) is 0.750. The number of aromatic nitrogens is 2. The predicted molar refractivity (Wildman–Crippen MR) is 95.1 cm³/mol. The van der Waals surface area contributed by atoms with Gasteiger partial charge in [-0.05, 0) is 26.2 Å². The van der Waals surface area contributed by atoms with Crippen molar-refractivity contribution in [3.63, 3.8) is 0 Å². The summed E-state index contributed by atoms with van der Waals surface area (Å²) < 4.78 is 0. The van der Waals surface area contributed by atoms with Crippen LogP contribution in [-0.4, -0.2) is 76.8 Å². The fourth-order valence-corrected chi connectivity index (χ4v) is 3.70. The standard InChI is InChI=1S/C16H26N6O3/c1-13-4-2-3-5-21(13)16-14(22(24)25)15(17-12-18-16)20-8-6-19(7-9-20)10-11-23/h12-13,23H,2-11H2,1H3. The molecule has 3 rings (SSSR count). The van der Waals surface area contributed by atoms with Crippen LogP contribution in [0.5, 0.6) is 0 Å². The molecule has 2 fully saturated rings. The van der Waals surface area contributed by atoms with Crippen molar-refractivity contribution in [2.75, 3.05) is 55.7 Å². The number of piperidine rings is 1. The van der Waals surface area contributed by atoms with E-state index in [-0.39, 0.29) is 23.3 Å². The molecule has 1 atom stereocenters. The molecule has 0 aliphatic carbocycles. The van der Waals surface area contributed by atoms with Gasteiger partial charge in [0.1, 0.15) is 6.33 Å². The van der Waals surface area contributed by atoms with Gasteiger partial charge >= 0.3 is 5.69 Å². The van der Waals surface area contributed by atoms with Crippen molar-refractivity contribution in [3.8, 4) is 0 Å². The van der Waals surface area contributed by atoms with Gasteiger partial charge < -0.3 is 14.9 Å². The molecule has 0 bridgehead atoms. The lowest BCUT2D eigenvalue weighted by Crippen LogP contribution is -2.47. The lowest BCUT2D eigenvalue weighted by molar-refractivity contribution is -0.383. The van der Waals surface area contributed by atoms with Gasteiger partial charge in [-0.15, -0.1) is 0 Å². The monoisotopic (exact) mass is 350 g/mol. The van der Waals surface area contributed by atoms with Crippen LogP contribution in [0, 0.1) is 10.1 Å². The summed E-state index contributed by atoms with van der Waals surface area (Å²) in [5, 5.41) is 20.9. The molecule has 1 N–H and O–H groups in total. The Morgan fingerprint density at radius 2 is 1.92 bits per heavy atom. The van der Waals surface area contributed by atoms with Crippen molar-refractivity contribution in [1.82, 2.24) is 14.9 Å². The normalized spacial score (nSPS) is 22.2. The summed E-state index contributed by atoms with van der Waals surface area (Å²) in [6, 6.07) is 0.247. The van der Waals surface area contributed by atoms with E-state index < -0.39 is 0 Å². The molecule has 2 aliphatic rings. The van der Waals surface area contributed by atoms with Gasteiger partial charge in [-0.3, -0.25) is 15.0 Å². The van der Waals surface area contributed by atoms with Crippen molar-refractivity contribution in [2.24, 2.45) is 0 Å². The zero-order valence-corrected chi connectivity index (χ0v) is 14.7. The van der Waals surface area contributed by atoms with E-state index in [1.165, 1.54) is 6.33 Å². The molecule has 1 unspecified atom stereocenters. The van der Waals surface area contributed by atoms with E-state index >= 15 is 0 Å². The minimum atomic E-state index is -0.341. The van der Waals surface area contributed by atoms with Crippen molar-refractivity contribution in [1.29, 1.82) is 0 Å². The first-order chi connectivity index (χ1) is 12.1. The minimum absolute atomic E-state index is 0.0202. The van der Waals surface area contributed by atoms with E-state index in [0.717, 1.165) is 38.9 Å². The average Bonchev–Trinajstić information content (AvgIpc) is 2.62. The number of hydrogen-bond acceptors (Lipinski definition) is 8. The Bertz CT molecular complexity index is 606. The van der Waals surface area contributed by atoms with Crippen LogP contribution in [-0.2, 0) is 0 Å². The largest absolute Gasteiger partial charge is 0.395 e. The van der Waals surface area contributed by atoms with Crippen LogP contribution in [0.3, 0.4) is 0 Å². The van der Waals surface area contributed by atoms with Gasteiger partial charge in [0.25, 0.3) is 0 Å². The number of nitro groups is 1. The number of nitrogens with zero attached hydrogens (tertiary/aromatic N) is 6. The summed E-state index contributed by atoms with van der Waals surface area (Å²) >= 11 is 0. The maximum Gasteiger partial charge on any atom is 0.353 e. The molecule has 0 radical (unpaired) electrons. The number of aliphatic hydroxyl groups is 1. The second-order valence-corrected chi connectivity index (χ2v) is 6.72. The Morgan fingerprint density at radius 3 is 2.56 bits per heavy atom. The van der Waals surface area contributed by atoms with Gasteiger partial charge in [-0.1, -0.05) is 0 Å². The molecule has 9 nitrogen and oxygen atoms in total. The molecule has 138 valence electrons. The van der Waals surface area contributed by atoms with E-state index in [4.69, 9.17) is 5.11 Å². The van der Waals surface area contributed by atoms with E-state index in [1.807, 2.05) is 4.90 Å². The highest BCUT2D eigenvalue weighted by Gasteiger charge is 2.33. The zero-order valence-electron chi connectivity index (χ0n) is 14.7. The second-order valence-electron chi connectivity index (χ2n) is 6.72. The summed E-state index contributed by atoms with van der Waals surface area (Å²) in [5.74, 6) is 0.858. The van der Waals surface area contributed by atoms with Crippen LogP contribution in [0.1, 0.15) is 26.2 Å². The highest BCUT2D eigenvalue weighted by Crippen LogP contribution is 2.37. The van der Waals surface area contributed by atoms with E-state index in [9.17, 15) is 10.1 Å². The summed E-state index contributed by atoms with van der Waals surface area (Å²) in [5.41, 5.74) is 0.0202. The molecule has 2 saturated heterocycles. The smallest absolute Gasteiger partial charge is 0.353 e. The van der Waals surface area contributed by atoms with Gasteiger partial charge in [0.05, 0.1) is 11.5 Å². The molecule has 9 heteroatoms. The number of β-amino-alcohol motifs (C(OH)–C–C–N with tert-alkyl or cyclic N) is 1. The first-order valence-corrected chi connectivity index (χ1v) is 8.96. The quantitative estimate of drug-likeness (QED) is 0.617. The zero-order chi connectivity index (χ0) is 17.8. The predicted octanol–water partition coefficient (Wildman–Crippen LogP) is 0.878. The Morgan fingerprint density at radius 1 is 1.20 bits per heavy atom. The van der Waals surface area contributed by atoms with Gasteiger partial charge in [0.2, 0.25) is 11.6 Å². The summed E-state index contributed by atoms with van der Waals surface area (Å²) in [6.45, 7) is 6.50. The van der Waals surface area contributed by atoms with Gasteiger partial charge in [0, 0.05) is 45.3 Å². The molecule has 2 aliphatic heterocycles.